The predicted octanol–water partition coefficient (Wildman–Crippen LogP) is 3.73. The second-order valence-corrected chi connectivity index (χ2v) is 8.12. The standard InChI is InChI=1S/C19H30ClN3O2/c1-15-16(18(20)25-22-15)5-6-17(24)21-11-14-23-12-9-19(10-13-23)7-3-2-4-8-19/h2-14H2,1H3,(H,21,24). The monoisotopic (exact) mass is 367 g/mol. The molecule has 3 rings (SSSR count). The van der Waals surface area contributed by atoms with Crippen LogP contribution in [0.5, 0.6) is 0 Å². The Morgan fingerprint density at radius 2 is 1.96 bits per heavy atom. The van der Waals surface area contributed by atoms with Gasteiger partial charge >= 0.3 is 0 Å². The highest BCUT2D eigenvalue weighted by atomic mass is 35.5. The van der Waals surface area contributed by atoms with E-state index in [1.165, 1.54) is 58.0 Å². The summed E-state index contributed by atoms with van der Waals surface area (Å²) in [7, 11) is 0. The number of piperidine rings is 1. The first-order chi connectivity index (χ1) is 12.1. The van der Waals surface area contributed by atoms with Crippen molar-refractivity contribution in [3.8, 4) is 0 Å². The zero-order valence-corrected chi connectivity index (χ0v) is 16.0. The summed E-state index contributed by atoms with van der Waals surface area (Å²) in [6.07, 6.45) is 10.8. The number of amides is 1. The van der Waals surface area contributed by atoms with E-state index in [0.29, 0.717) is 23.5 Å². The molecule has 2 heterocycles. The molecule has 1 aliphatic heterocycles. The SMILES string of the molecule is Cc1noc(Cl)c1CCC(=O)NCCN1CCC2(CCCCC2)CC1. The minimum absolute atomic E-state index is 0.0671. The minimum Gasteiger partial charge on any atom is -0.355 e. The van der Waals surface area contributed by atoms with Crippen LogP contribution in [0, 0.1) is 12.3 Å². The number of hydrogen-bond donors (Lipinski definition) is 1. The topological polar surface area (TPSA) is 58.4 Å². The first-order valence-corrected chi connectivity index (χ1v) is 10.1. The van der Waals surface area contributed by atoms with Crippen molar-refractivity contribution in [2.75, 3.05) is 26.2 Å². The van der Waals surface area contributed by atoms with Crippen LogP contribution in [0.25, 0.3) is 0 Å². The molecule has 1 saturated carbocycles. The number of nitrogens with one attached hydrogen (secondary N) is 1. The maximum atomic E-state index is 12.0. The number of carbonyl (C=O) groups is 1. The lowest BCUT2D eigenvalue weighted by Crippen LogP contribution is -2.44. The lowest BCUT2D eigenvalue weighted by atomic mass is 9.68. The van der Waals surface area contributed by atoms with Gasteiger partial charge in [0.15, 0.2) is 0 Å². The molecular weight excluding hydrogens is 338 g/mol. The molecule has 1 saturated heterocycles. The van der Waals surface area contributed by atoms with E-state index in [0.717, 1.165) is 24.3 Å². The molecule has 1 aromatic rings. The quantitative estimate of drug-likeness (QED) is 0.832. The van der Waals surface area contributed by atoms with Gasteiger partial charge in [0.1, 0.15) is 0 Å². The molecule has 5 nitrogen and oxygen atoms in total. The Balaban J connectivity index is 1.31. The molecule has 1 N–H and O–H groups in total. The van der Waals surface area contributed by atoms with Crippen LogP contribution >= 0.6 is 11.6 Å². The second kappa shape index (κ2) is 8.54. The highest BCUT2D eigenvalue weighted by Crippen LogP contribution is 2.44. The number of nitrogens with zero attached hydrogens (tertiary/aromatic N) is 2. The molecule has 0 aromatic carbocycles. The fraction of sp³-hybridized carbons (Fsp3) is 0.789. The zero-order chi connectivity index (χ0) is 17.7. The normalized spacial score (nSPS) is 20.7. The van der Waals surface area contributed by atoms with Gasteiger partial charge in [0, 0.05) is 25.1 Å². The molecule has 0 bridgehead atoms. The largest absolute Gasteiger partial charge is 0.355 e. The Morgan fingerprint density at radius 3 is 2.60 bits per heavy atom. The zero-order valence-electron chi connectivity index (χ0n) is 15.3. The van der Waals surface area contributed by atoms with Gasteiger partial charge in [-0.05, 0) is 69.1 Å². The number of aryl methyl sites for hydroxylation is 1. The smallest absolute Gasteiger partial charge is 0.229 e. The van der Waals surface area contributed by atoms with E-state index >= 15 is 0 Å². The van der Waals surface area contributed by atoms with Crippen LogP contribution in [-0.2, 0) is 11.2 Å². The third-order valence-corrected chi connectivity index (χ3v) is 6.42. The van der Waals surface area contributed by atoms with E-state index in [4.69, 9.17) is 16.1 Å². The van der Waals surface area contributed by atoms with Crippen molar-refractivity contribution in [1.82, 2.24) is 15.4 Å². The van der Waals surface area contributed by atoms with Gasteiger partial charge in [-0.25, -0.2) is 0 Å². The van der Waals surface area contributed by atoms with Gasteiger partial charge in [0.05, 0.1) is 5.69 Å². The Bertz CT molecular complexity index is 552. The van der Waals surface area contributed by atoms with Gasteiger partial charge in [-0.3, -0.25) is 4.79 Å². The van der Waals surface area contributed by atoms with E-state index in [1.54, 1.807) is 0 Å². The third-order valence-electron chi connectivity index (χ3n) is 6.12. The second-order valence-electron chi connectivity index (χ2n) is 7.77. The molecule has 1 aliphatic carbocycles. The Kier molecular flexibility index (Phi) is 6.39. The van der Waals surface area contributed by atoms with Crippen molar-refractivity contribution in [3.63, 3.8) is 0 Å². The van der Waals surface area contributed by atoms with Gasteiger partial charge in [-0.2, -0.15) is 0 Å². The average Bonchev–Trinajstić information content (AvgIpc) is 2.94. The van der Waals surface area contributed by atoms with Crippen molar-refractivity contribution in [1.29, 1.82) is 0 Å². The Morgan fingerprint density at radius 1 is 1.24 bits per heavy atom. The summed E-state index contributed by atoms with van der Waals surface area (Å²) in [5, 5.41) is 7.14. The number of rotatable bonds is 6. The van der Waals surface area contributed by atoms with Crippen molar-refractivity contribution in [2.24, 2.45) is 5.41 Å². The van der Waals surface area contributed by atoms with Crippen molar-refractivity contribution >= 4 is 17.5 Å². The first-order valence-electron chi connectivity index (χ1n) is 9.68. The maximum Gasteiger partial charge on any atom is 0.229 e. The van der Waals surface area contributed by atoms with Gasteiger partial charge in [-0.15, -0.1) is 0 Å². The number of halogens is 1. The molecule has 1 spiro atoms. The first kappa shape index (κ1) is 18.7. The van der Waals surface area contributed by atoms with Gasteiger partial charge < -0.3 is 14.7 Å². The molecule has 25 heavy (non-hydrogen) atoms. The molecule has 140 valence electrons. The molecule has 1 aromatic heterocycles. The highest BCUT2D eigenvalue weighted by molar-refractivity contribution is 6.29. The van der Waals surface area contributed by atoms with E-state index in [9.17, 15) is 4.79 Å². The van der Waals surface area contributed by atoms with Gasteiger partial charge in [0.25, 0.3) is 0 Å². The minimum atomic E-state index is 0.0671. The van der Waals surface area contributed by atoms with Gasteiger partial charge in [0.2, 0.25) is 11.1 Å². The lowest BCUT2D eigenvalue weighted by molar-refractivity contribution is -0.121. The van der Waals surface area contributed by atoms with Crippen LogP contribution in [0.1, 0.15) is 62.6 Å². The van der Waals surface area contributed by atoms with Crippen LogP contribution in [0.3, 0.4) is 0 Å². The summed E-state index contributed by atoms with van der Waals surface area (Å²) in [5.74, 6) is 0.0671. The Hall–Kier alpha value is -1.07. The lowest BCUT2D eigenvalue weighted by Gasteiger charge is -2.44. The van der Waals surface area contributed by atoms with Crippen LogP contribution < -0.4 is 5.32 Å². The average molecular weight is 368 g/mol. The summed E-state index contributed by atoms with van der Waals surface area (Å²) in [4.78, 5) is 14.5. The molecule has 0 radical (unpaired) electrons. The van der Waals surface area contributed by atoms with Crippen LogP contribution in [-0.4, -0.2) is 42.1 Å². The summed E-state index contributed by atoms with van der Waals surface area (Å²) < 4.78 is 4.91. The highest BCUT2D eigenvalue weighted by Gasteiger charge is 2.35. The van der Waals surface area contributed by atoms with Crippen molar-refractivity contribution in [3.05, 3.63) is 16.5 Å². The summed E-state index contributed by atoms with van der Waals surface area (Å²) >= 11 is 5.93. The molecule has 2 fully saturated rings. The number of likely N-dealkylation sites (tertiary alicyclic amines) is 1. The molecule has 2 aliphatic rings. The summed E-state index contributed by atoms with van der Waals surface area (Å²) in [6.45, 7) is 5.89. The van der Waals surface area contributed by atoms with E-state index in [1.807, 2.05) is 6.92 Å². The molecule has 0 atom stereocenters. The van der Waals surface area contributed by atoms with E-state index in [2.05, 4.69) is 15.4 Å². The molecule has 6 heteroatoms. The van der Waals surface area contributed by atoms with Crippen LogP contribution in [0.15, 0.2) is 4.52 Å². The predicted molar refractivity (Wildman–Crippen MR) is 98.8 cm³/mol. The van der Waals surface area contributed by atoms with Crippen molar-refractivity contribution in [2.45, 2.75) is 64.7 Å². The Labute approximate surface area is 155 Å². The summed E-state index contributed by atoms with van der Waals surface area (Å²) in [6, 6.07) is 0. The van der Waals surface area contributed by atoms with Crippen LogP contribution in [0.2, 0.25) is 5.22 Å². The van der Waals surface area contributed by atoms with Gasteiger partial charge in [-0.1, -0.05) is 24.4 Å². The van der Waals surface area contributed by atoms with Crippen molar-refractivity contribution < 1.29 is 9.32 Å². The molecular formula is C19H30ClN3O2. The third kappa shape index (κ3) is 4.98. The number of aromatic nitrogens is 1. The molecule has 1 amide bonds. The maximum absolute atomic E-state index is 12.0. The van der Waals surface area contributed by atoms with E-state index in [-0.39, 0.29) is 5.91 Å². The fourth-order valence-electron chi connectivity index (χ4n) is 4.37. The van der Waals surface area contributed by atoms with E-state index < -0.39 is 0 Å². The summed E-state index contributed by atoms with van der Waals surface area (Å²) in [5.41, 5.74) is 2.25. The number of hydrogen-bond acceptors (Lipinski definition) is 4. The fourth-order valence-corrected chi connectivity index (χ4v) is 4.64. The number of carbonyl (C=O) groups excluding carboxylic acids is 1. The van der Waals surface area contributed by atoms with Crippen LogP contribution in [0.4, 0.5) is 0 Å². The molecule has 0 unspecified atom stereocenters.